The van der Waals surface area contributed by atoms with Gasteiger partial charge in [-0.3, -0.25) is 4.79 Å². The molecule has 2 rings (SSSR count). The zero-order chi connectivity index (χ0) is 12.3. The van der Waals surface area contributed by atoms with Crippen molar-refractivity contribution in [2.24, 2.45) is 0 Å². The summed E-state index contributed by atoms with van der Waals surface area (Å²) in [6.07, 6.45) is 3.07. The number of rotatable bonds is 3. The van der Waals surface area contributed by atoms with Crippen LogP contribution >= 0.6 is 0 Å². The largest absolute Gasteiger partial charge is 0.508 e. The number of carbonyl (C=O) groups is 1. The summed E-state index contributed by atoms with van der Waals surface area (Å²) in [5, 5.41) is 21.6. The molecule has 1 heterocycles. The van der Waals surface area contributed by atoms with Gasteiger partial charge in [0.05, 0.1) is 6.42 Å². The Morgan fingerprint density at radius 2 is 2.24 bits per heavy atom. The maximum Gasteiger partial charge on any atom is 0.304 e. The third-order valence-corrected chi connectivity index (χ3v) is 3.18. The molecule has 92 valence electrons. The van der Waals surface area contributed by atoms with Crippen LogP contribution in [0.2, 0.25) is 0 Å². The number of aliphatic carboxylic acids is 1. The molecule has 1 fully saturated rings. The highest BCUT2D eigenvalue weighted by Gasteiger charge is 2.23. The number of piperidine rings is 1. The molecule has 1 aromatic carbocycles. The van der Waals surface area contributed by atoms with Gasteiger partial charge in [0.15, 0.2) is 0 Å². The summed E-state index contributed by atoms with van der Waals surface area (Å²) >= 11 is 0. The molecular formula is C13H17NO3. The van der Waals surface area contributed by atoms with Crippen molar-refractivity contribution < 1.29 is 15.0 Å². The Labute approximate surface area is 100 Å². The van der Waals surface area contributed by atoms with Crippen LogP contribution in [0.3, 0.4) is 0 Å². The van der Waals surface area contributed by atoms with E-state index in [0.717, 1.165) is 24.8 Å². The predicted molar refractivity (Wildman–Crippen MR) is 63.9 cm³/mol. The molecule has 0 aliphatic carbocycles. The summed E-state index contributed by atoms with van der Waals surface area (Å²) < 4.78 is 0. The monoisotopic (exact) mass is 235 g/mol. The average molecular weight is 235 g/mol. The smallest absolute Gasteiger partial charge is 0.304 e. The van der Waals surface area contributed by atoms with Crippen LogP contribution < -0.4 is 5.32 Å². The second-order valence-electron chi connectivity index (χ2n) is 4.54. The number of carboxylic acids is 1. The second kappa shape index (κ2) is 5.19. The number of phenols is 1. The molecule has 0 bridgehead atoms. The van der Waals surface area contributed by atoms with Crippen LogP contribution in [0.15, 0.2) is 24.3 Å². The van der Waals surface area contributed by atoms with Crippen molar-refractivity contribution in [3.05, 3.63) is 29.8 Å². The predicted octanol–water partition coefficient (Wildman–Crippen LogP) is 2.05. The van der Waals surface area contributed by atoms with Gasteiger partial charge in [-0.1, -0.05) is 12.1 Å². The molecule has 1 aliphatic heterocycles. The number of phenolic OH excluding ortho intramolecular Hbond substituents is 1. The molecule has 3 N–H and O–H groups in total. The molecule has 2 atom stereocenters. The molecule has 1 aliphatic rings. The molecule has 0 saturated carbocycles. The van der Waals surface area contributed by atoms with Gasteiger partial charge in [-0.15, -0.1) is 0 Å². The van der Waals surface area contributed by atoms with Crippen LogP contribution in [-0.2, 0) is 4.79 Å². The molecule has 1 saturated heterocycles. The Balaban J connectivity index is 2.04. The highest BCUT2D eigenvalue weighted by atomic mass is 16.4. The van der Waals surface area contributed by atoms with Gasteiger partial charge in [0.25, 0.3) is 0 Å². The van der Waals surface area contributed by atoms with Gasteiger partial charge in [0.2, 0.25) is 0 Å². The van der Waals surface area contributed by atoms with Crippen molar-refractivity contribution in [3.63, 3.8) is 0 Å². The summed E-state index contributed by atoms with van der Waals surface area (Å²) in [5.74, 6) is -0.510. The average Bonchev–Trinajstić information content (AvgIpc) is 2.28. The first-order valence-corrected chi connectivity index (χ1v) is 5.92. The van der Waals surface area contributed by atoms with Gasteiger partial charge >= 0.3 is 5.97 Å². The second-order valence-corrected chi connectivity index (χ2v) is 4.54. The zero-order valence-corrected chi connectivity index (χ0v) is 9.60. The topological polar surface area (TPSA) is 69.6 Å². The highest BCUT2D eigenvalue weighted by Crippen LogP contribution is 2.28. The van der Waals surface area contributed by atoms with Gasteiger partial charge in [-0.25, -0.2) is 0 Å². The van der Waals surface area contributed by atoms with Crippen molar-refractivity contribution >= 4 is 5.97 Å². The first-order valence-electron chi connectivity index (χ1n) is 5.92. The molecule has 1 aromatic rings. The Kier molecular flexibility index (Phi) is 3.64. The minimum atomic E-state index is -0.765. The fourth-order valence-corrected chi connectivity index (χ4v) is 2.40. The maximum atomic E-state index is 10.7. The first kappa shape index (κ1) is 11.9. The molecule has 0 aromatic heterocycles. The van der Waals surface area contributed by atoms with Crippen LogP contribution in [0.1, 0.15) is 37.3 Å². The van der Waals surface area contributed by atoms with E-state index in [1.54, 1.807) is 12.1 Å². The number of nitrogens with one attached hydrogen (secondary N) is 1. The Hall–Kier alpha value is -1.55. The SMILES string of the molecule is O=C(O)CC1CCCC(c2cccc(O)c2)N1. The molecule has 17 heavy (non-hydrogen) atoms. The lowest BCUT2D eigenvalue weighted by Crippen LogP contribution is -2.38. The summed E-state index contributed by atoms with van der Waals surface area (Å²) in [6, 6.07) is 7.34. The van der Waals surface area contributed by atoms with Gasteiger partial charge in [0, 0.05) is 12.1 Å². The highest BCUT2D eigenvalue weighted by molar-refractivity contribution is 5.67. The van der Waals surface area contributed by atoms with Gasteiger partial charge in [-0.05, 0) is 37.0 Å². The van der Waals surface area contributed by atoms with Crippen molar-refractivity contribution in [1.82, 2.24) is 5.32 Å². The number of aromatic hydroxyl groups is 1. The lowest BCUT2D eigenvalue weighted by atomic mass is 9.92. The zero-order valence-electron chi connectivity index (χ0n) is 9.60. The van der Waals surface area contributed by atoms with Gasteiger partial charge < -0.3 is 15.5 Å². The molecule has 0 amide bonds. The number of carboxylic acid groups (broad SMARTS) is 1. The maximum absolute atomic E-state index is 10.7. The van der Waals surface area contributed by atoms with Crippen LogP contribution in [0.4, 0.5) is 0 Å². The van der Waals surface area contributed by atoms with Crippen LogP contribution in [0, 0.1) is 0 Å². The third kappa shape index (κ3) is 3.20. The van der Waals surface area contributed by atoms with Crippen molar-refractivity contribution in [3.8, 4) is 5.75 Å². The van der Waals surface area contributed by atoms with Crippen molar-refractivity contribution in [1.29, 1.82) is 0 Å². The van der Waals surface area contributed by atoms with E-state index in [4.69, 9.17) is 5.11 Å². The Morgan fingerprint density at radius 1 is 1.41 bits per heavy atom. The molecular weight excluding hydrogens is 218 g/mol. The summed E-state index contributed by atoms with van der Waals surface area (Å²) in [7, 11) is 0. The van der Waals surface area contributed by atoms with Crippen molar-refractivity contribution in [2.75, 3.05) is 0 Å². The Morgan fingerprint density at radius 3 is 2.94 bits per heavy atom. The molecule has 4 nitrogen and oxygen atoms in total. The third-order valence-electron chi connectivity index (χ3n) is 3.18. The quantitative estimate of drug-likeness (QED) is 0.750. The molecule has 0 radical (unpaired) electrons. The lowest BCUT2D eigenvalue weighted by molar-refractivity contribution is -0.137. The van der Waals surface area contributed by atoms with E-state index in [1.807, 2.05) is 12.1 Å². The lowest BCUT2D eigenvalue weighted by Gasteiger charge is -2.30. The van der Waals surface area contributed by atoms with Crippen molar-refractivity contribution in [2.45, 2.75) is 37.8 Å². The van der Waals surface area contributed by atoms with E-state index < -0.39 is 5.97 Å². The van der Waals surface area contributed by atoms with Gasteiger partial charge in [0.1, 0.15) is 5.75 Å². The summed E-state index contributed by atoms with van der Waals surface area (Å²) in [6.45, 7) is 0. The minimum Gasteiger partial charge on any atom is -0.508 e. The van der Waals surface area contributed by atoms with E-state index in [-0.39, 0.29) is 24.3 Å². The van der Waals surface area contributed by atoms with E-state index in [9.17, 15) is 9.90 Å². The summed E-state index contributed by atoms with van der Waals surface area (Å²) in [5.41, 5.74) is 1.03. The van der Waals surface area contributed by atoms with E-state index >= 15 is 0 Å². The summed E-state index contributed by atoms with van der Waals surface area (Å²) in [4.78, 5) is 10.7. The molecule has 4 heteroatoms. The van der Waals surface area contributed by atoms with E-state index in [0.29, 0.717) is 0 Å². The minimum absolute atomic E-state index is 0.0357. The Bertz CT molecular complexity index is 405. The fourth-order valence-electron chi connectivity index (χ4n) is 2.40. The normalized spacial score (nSPS) is 24.5. The van der Waals surface area contributed by atoms with E-state index in [1.165, 1.54) is 0 Å². The first-order chi connectivity index (χ1) is 8.15. The van der Waals surface area contributed by atoms with E-state index in [2.05, 4.69) is 5.32 Å². The van der Waals surface area contributed by atoms with Crippen LogP contribution in [0.5, 0.6) is 5.75 Å². The standard InChI is InChI=1S/C13H17NO3/c15-11-5-1-3-9(7-11)12-6-2-4-10(14-12)8-13(16)17/h1,3,5,7,10,12,14-15H,2,4,6,8H2,(H,16,17). The molecule has 2 unspecified atom stereocenters. The fraction of sp³-hybridized carbons (Fsp3) is 0.462. The van der Waals surface area contributed by atoms with Crippen LogP contribution in [-0.4, -0.2) is 22.2 Å². The molecule has 0 spiro atoms. The van der Waals surface area contributed by atoms with Gasteiger partial charge in [-0.2, -0.15) is 0 Å². The number of benzene rings is 1. The van der Waals surface area contributed by atoms with Crippen LogP contribution in [0.25, 0.3) is 0 Å². The number of hydrogen-bond acceptors (Lipinski definition) is 3. The number of hydrogen-bond donors (Lipinski definition) is 3.